The summed E-state index contributed by atoms with van der Waals surface area (Å²) >= 11 is 0. The number of rotatable bonds is 48. The minimum Gasteiger partial charge on any atom is -0.462 e. The van der Waals surface area contributed by atoms with E-state index in [9.17, 15) is 14.4 Å². The van der Waals surface area contributed by atoms with Crippen molar-refractivity contribution in [2.45, 2.75) is 239 Å². The Hall–Kier alpha value is -4.19. The van der Waals surface area contributed by atoms with Crippen LogP contribution in [0.2, 0.25) is 0 Å². The fraction of sp³-hybridized carbons (Fsp3) is 0.629. The molecule has 0 fully saturated rings. The van der Waals surface area contributed by atoms with E-state index in [4.69, 9.17) is 14.2 Å². The fourth-order valence-electron chi connectivity index (χ4n) is 7.06. The molecular weight excluding hydrogens is 841 g/mol. The van der Waals surface area contributed by atoms with Gasteiger partial charge in [-0.2, -0.15) is 0 Å². The molecule has 0 rings (SSSR count). The van der Waals surface area contributed by atoms with Gasteiger partial charge in [-0.25, -0.2) is 0 Å². The number of esters is 3. The molecule has 0 N–H and O–H groups in total. The van der Waals surface area contributed by atoms with Crippen LogP contribution < -0.4 is 0 Å². The van der Waals surface area contributed by atoms with E-state index >= 15 is 0 Å². The van der Waals surface area contributed by atoms with Crippen molar-refractivity contribution in [3.05, 3.63) is 122 Å². The molecule has 0 heterocycles. The van der Waals surface area contributed by atoms with Crippen LogP contribution in [-0.4, -0.2) is 37.2 Å². The zero-order valence-corrected chi connectivity index (χ0v) is 43.8. The molecule has 0 aliphatic heterocycles. The molecule has 68 heavy (non-hydrogen) atoms. The molecule has 0 aliphatic rings. The smallest absolute Gasteiger partial charge is 0.306 e. The van der Waals surface area contributed by atoms with E-state index in [2.05, 4.69) is 130 Å². The van der Waals surface area contributed by atoms with E-state index < -0.39 is 6.10 Å². The van der Waals surface area contributed by atoms with Gasteiger partial charge in [0.1, 0.15) is 13.2 Å². The van der Waals surface area contributed by atoms with Crippen molar-refractivity contribution in [3.63, 3.8) is 0 Å². The van der Waals surface area contributed by atoms with Gasteiger partial charge in [-0.15, -0.1) is 0 Å². The molecule has 384 valence electrons. The maximum absolute atomic E-state index is 12.8. The van der Waals surface area contributed by atoms with Gasteiger partial charge in [0, 0.05) is 19.3 Å². The molecule has 0 saturated carbocycles. The Morgan fingerprint density at radius 3 is 1.04 bits per heavy atom. The molecule has 1 atom stereocenters. The fourth-order valence-corrected chi connectivity index (χ4v) is 7.06. The Kier molecular flexibility index (Phi) is 52.0. The second-order valence-corrected chi connectivity index (χ2v) is 17.7. The van der Waals surface area contributed by atoms with Crippen LogP contribution in [0, 0.1) is 0 Å². The summed E-state index contributed by atoms with van der Waals surface area (Å²) < 4.78 is 16.7. The Morgan fingerprint density at radius 2 is 0.632 bits per heavy atom. The summed E-state index contributed by atoms with van der Waals surface area (Å²) in [5, 5.41) is 0. The van der Waals surface area contributed by atoms with Gasteiger partial charge in [0.2, 0.25) is 0 Å². The summed E-state index contributed by atoms with van der Waals surface area (Å²) in [6.45, 7) is 6.35. The van der Waals surface area contributed by atoms with Crippen molar-refractivity contribution in [3.8, 4) is 0 Å². The predicted octanol–water partition coefficient (Wildman–Crippen LogP) is 18.5. The topological polar surface area (TPSA) is 78.9 Å². The van der Waals surface area contributed by atoms with Crippen molar-refractivity contribution in [1.29, 1.82) is 0 Å². The molecule has 6 nitrogen and oxygen atoms in total. The zero-order valence-electron chi connectivity index (χ0n) is 43.8. The lowest BCUT2D eigenvalue weighted by atomic mass is 10.1. The summed E-state index contributed by atoms with van der Waals surface area (Å²) in [5.41, 5.74) is 0. The lowest BCUT2D eigenvalue weighted by Gasteiger charge is -2.18. The van der Waals surface area contributed by atoms with E-state index in [0.29, 0.717) is 19.3 Å². The van der Waals surface area contributed by atoms with Crippen molar-refractivity contribution in [1.82, 2.24) is 0 Å². The highest BCUT2D eigenvalue weighted by atomic mass is 16.6. The summed E-state index contributed by atoms with van der Waals surface area (Å²) in [6.07, 6.45) is 76.2. The minimum absolute atomic E-state index is 0.115. The number of ether oxygens (including phenoxy) is 3. The van der Waals surface area contributed by atoms with Crippen molar-refractivity contribution in [2.75, 3.05) is 13.2 Å². The van der Waals surface area contributed by atoms with Crippen LogP contribution >= 0.6 is 0 Å². The number of hydrogen-bond donors (Lipinski definition) is 0. The van der Waals surface area contributed by atoms with Crippen LogP contribution in [0.15, 0.2) is 122 Å². The number of allylic oxidation sites excluding steroid dienone is 20. The second kappa shape index (κ2) is 55.4. The SMILES string of the molecule is CC/C=C\C/C=C\C/C=C\C/C=C\C/C=C\C/C=C\CCC(=O)OCC(COC(=O)CCCCCCC/C=C\C/C=C\CCC)OC(=O)CCCCCCCCC/C=C\C/C=C\CCCCCC. The average molecular weight is 941 g/mol. The molecule has 0 aliphatic carbocycles. The summed E-state index contributed by atoms with van der Waals surface area (Å²) in [4.78, 5) is 38.1. The Bertz CT molecular complexity index is 1450. The lowest BCUT2D eigenvalue weighted by molar-refractivity contribution is -0.166. The molecular formula is C62H100O6. The van der Waals surface area contributed by atoms with Crippen LogP contribution in [0.25, 0.3) is 0 Å². The van der Waals surface area contributed by atoms with Gasteiger partial charge in [0.15, 0.2) is 6.10 Å². The van der Waals surface area contributed by atoms with Crippen LogP contribution in [0.1, 0.15) is 233 Å². The van der Waals surface area contributed by atoms with Gasteiger partial charge >= 0.3 is 17.9 Å². The van der Waals surface area contributed by atoms with Gasteiger partial charge in [-0.05, 0) is 116 Å². The van der Waals surface area contributed by atoms with Gasteiger partial charge in [-0.1, -0.05) is 219 Å². The average Bonchev–Trinajstić information content (AvgIpc) is 3.34. The summed E-state index contributed by atoms with van der Waals surface area (Å²) in [6, 6.07) is 0. The number of hydrogen-bond acceptors (Lipinski definition) is 6. The highest BCUT2D eigenvalue weighted by Crippen LogP contribution is 2.13. The standard InChI is InChI=1S/C62H100O6/c1-4-7-10-13-16-19-22-25-27-29-31-33-34-37-40-43-46-49-52-55-61(64)67-58-59(57-66-60(63)54-51-48-45-42-39-36-24-21-18-15-12-9-6-3)68-62(65)56-53-50-47-44-41-38-35-32-30-28-26-23-20-17-14-11-8-5-2/h7,10,12,15-16,19-21,23-25,27-28,30-31,33,37,40,46,49,59H,4-6,8-9,11,13-14,17-18,22,26,29,32,34-36,38-39,41-45,47-48,50-58H2,1-3H3/b10-7-,15-12-,19-16-,23-20-,24-21-,27-25-,30-28-,33-31-,40-37-,49-46-. The van der Waals surface area contributed by atoms with E-state index in [1.807, 2.05) is 12.2 Å². The zero-order chi connectivity index (χ0) is 49.3. The first-order chi connectivity index (χ1) is 33.5. The third-order valence-corrected chi connectivity index (χ3v) is 11.2. The van der Waals surface area contributed by atoms with Gasteiger partial charge in [0.05, 0.1) is 0 Å². The van der Waals surface area contributed by atoms with Gasteiger partial charge in [-0.3, -0.25) is 14.4 Å². The molecule has 6 heteroatoms. The summed E-state index contributed by atoms with van der Waals surface area (Å²) in [7, 11) is 0. The van der Waals surface area contributed by atoms with Crippen molar-refractivity contribution in [2.24, 2.45) is 0 Å². The first-order valence-corrected chi connectivity index (χ1v) is 27.5. The Balaban J connectivity index is 4.54. The monoisotopic (exact) mass is 941 g/mol. The third kappa shape index (κ3) is 52.8. The van der Waals surface area contributed by atoms with Gasteiger partial charge < -0.3 is 14.2 Å². The van der Waals surface area contributed by atoms with E-state index in [1.165, 1.54) is 64.2 Å². The van der Waals surface area contributed by atoms with Crippen molar-refractivity contribution < 1.29 is 28.6 Å². The number of carbonyl (C=O) groups is 3. The molecule has 0 bridgehead atoms. The lowest BCUT2D eigenvalue weighted by Crippen LogP contribution is -2.30. The highest BCUT2D eigenvalue weighted by molar-refractivity contribution is 5.71. The van der Waals surface area contributed by atoms with Crippen LogP contribution in [0.5, 0.6) is 0 Å². The highest BCUT2D eigenvalue weighted by Gasteiger charge is 2.19. The normalized spacial score (nSPS) is 13.0. The predicted molar refractivity (Wildman–Crippen MR) is 293 cm³/mol. The Morgan fingerprint density at radius 1 is 0.309 bits per heavy atom. The molecule has 0 amide bonds. The molecule has 0 aromatic heterocycles. The molecule has 0 aromatic rings. The number of unbranched alkanes of at least 4 members (excludes halogenated alkanes) is 17. The number of carbonyl (C=O) groups excluding carboxylic acids is 3. The molecule has 0 radical (unpaired) electrons. The van der Waals surface area contributed by atoms with Crippen LogP contribution in [0.3, 0.4) is 0 Å². The summed E-state index contributed by atoms with van der Waals surface area (Å²) in [5.74, 6) is -1.03. The Labute approximate surface area is 418 Å². The van der Waals surface area contributed by atoms with Gasteiger partial charge in [0.25, 0.3) is 0 Å². The second-order valence-electron chi connectivity index (χ2n) is 17.7. The van der Waals surface area contributed by atoms with E-state index in [0.717, 1.165) is 122 Å². The maximum atomic E-state index is 12.8. The minimum atomic E-state index is -0.822. The van der Waals surface area contributed by atoms with E-state index in [-0.39, 0.29) is 37.5 Å². The molecule has 0 spiro atoms. The molecule has 0 aromatic carbocycles. The first kappa shape index (κ1) is 63.8. The molecule has 0 saturated heterocycles. The first-order valence-electron chi connectivity index (χ1n) is 27.5. The van der Waals surface area contributed by atoms with E-state index in [1.54, 1.807) is 0 Å². The van der Waals surface area contributed by atoms with Crippen LogP contribution in [0.4, 0.5) is 0 Å². The van der Waals surface area contributed by atoms with Crippen LogP contribution in [-0.2, 0) is 28.6 Å². The maximum Gasteiger partial charge on any atom is 0.306 e. The largest absolute Gasteiger partial charge is 0.462 e. The molecule has 1 unspecified atom stereocenters. The van der Waals surface area contributed by atoms with Crippen molar-refractivity contribution >= 4 is 17.9 Å². The third-order valence-electron chi connectivity index (χ3n) is 11.2. The quantitative estimate of drug-likeness (QED) is 0.0262.